The number of nitrogens with one attached hydrogen (secondary N) is 2. The zero-order valence-corrected chi connectivity index (χ0v) is 14.3. The Morgan fingerprint density at radius 2 is 2.04 bits per heavy atom. The molecule has 0 heterocycles. The molecule has 0 saturated carbocycles. The molecule has 6 heteroatoms. The largest absolute Gasteiger partial charge is 0.379 e. The standard InChI is InChI=1S/C19H21FN4O/c1-24(2)9-8-22-19(25)16-5-3-4-15(10-16)13-23-18-7-6-14(12-21)11-17(18)20/h3-7,10-11,23H,8-9,13H2,1-2H3,(H,22,25). The van der Waals surface area contributed by atoms with Crippen LogP contribution in [0.15, 0.2) is 42.5 Å². The fourth-order valence-electron chi connectivity index (χ4n) is 2.24. The Kier molecular flexibility index (Phi) is 6.49. The second-order valence-corrected chi connectivity index (χ2v) is 5.92. The van der Waals surface area contributed by atoms with E-state index < -0.39 is 5.82 Å². The third-order valence-electron chi connectivity index (χ3n) is 3.61. The minimum atomic E-state index is -0.475. The van der Waals surface area contributed by atoms with Gasteiger partial charge in [0, 0.05) is 25.2 Å². The molecule has 2 aromatic carbocycles. The van der Waals surface area contributed by atoms with Crippen molar-refractivity contribution in [1.82, 2.24) is 10.2 Å². The molecule has 0 radical (unpaired) electrons. The molecule has 0 spiro atoms. The summed E-state index contributed by atoms with van der Waals surface area (Å²) in [7, 11) is 3.89. The Hall–Kier alpha value is -2.91. The van der Waals surface area contributed by atoms with E-state index in [1.807, 2.05) is 31.1 Å². The minimum Gasteiger partial charge on any atom is -0.379 e. The van der Waals surface area contributed by atoms with Crippen molar-refractivity contribution in [2.24, 2.45) is 0 Å². The van der Waals surface area contributed by atoms with Crippen LogP contribution in [-0.4, -0.2) is 38.0 Å². The first-order valence-corrected chi connectivity index (χ1v) is 7.95. The first-order chi connectivity index (χ1) is 12.0. The average Bonchev–Trinajstić information content (AvgIpc) is 2.60. The number of carbonyl (C=O) groups is 1. The summed E-state index contributed by atoms with van der Waals surface area (Å²) in [5.41, 5.74) is 2.03. The van der Waals surface area contributed by atoms with Crippen LogP contribution in [0.2, 0.25) is 0 Å². The van der Waals surface area contributed by atoms with E-state index in [4.69, 9.17) is 5.26 Å². The third-order valence-corrected chi connectivity index (χ3v) is 3.61. The Bertz CT molecular complexity index is 783. The molecule has 0 aliphatic heterocycles. The van der Waals surface area contributed by atoms with Crippen LogP contribution < -0.4 is 10.6 Å². The van der Waals surface area contributed by atoms with Crippen molar-refractivity contribution in [3.05, 3.63) is 65.0 Å². The monoisotopic (exact) mass is 340 g/mol. The summed E-state index contributed by atoms with van der Waals surface area (Å²) < 4.78 is 13.9. The van der Waals surface area contributed by atoms with E-state index in [1.165, 1.54) is 12.1 Å². The molecule has 2 N–H and O–H groups in total. The van der Waals surface area contributed by atoms with Gasteiger partial charge in [-0.15, -0.1) is 0 Å². The lowest BCUT2D eigenvalue weighted by Gasteiger charge is -2.11. The minimum absolute atomic E-state index is 0.131. The molecular weight excluding hydrogens is 319 g/mol. The number of halogens is 1. The Balaban J connectivity index is 1.97. The second-order valence-electron chi connectivity index (χ2n) is 5.92. The zero-order valence-electron chi connectivity index (χ0n) is 14.3. The van der Waals surface area contributed by atoms with Crippen LogP contribution in [0.1, 0.15) is 21.5 Å². The van der Waals surface area contributed by atoms with E-state index in [9.17, 15) is 9.18 Å². The summed E-state index contributed by atoms with van der Waals surface area (Å²) in [6.45, 7) is 1.72. The summed E-state index contributed by atoms with van der Waals surface area (Å²) in [4.78, 5) is 14.1. The van der Waals surface area contributed by atoms with Gasteiger partial charge in [-0.2, -0.15) is 5.26 Å². The van der Waals surface area contributed by atoms with E-state index in [2.05, 4.69) is 10.6 Å². The second kappa shape index (κ2) is 8.81. The van der Waals surface area contributed by atoms with Crippen LogP contribution >= 0.6 is 0 Å². The van der Waals surface area contributed by atoms with Crippen molar-refractivity contribution in [1.29, 1.82) is 5.26 Å². The van der Waals surface area contributed by atoms with Gasteiger partial charge in [0.05, 0.1) is 17.3 Å². The van der Waals surface area contributed by atoms with Gasteiger partial charge < -0.3 is 15.5 Å². The van der Waals surface area contributed by atoms with Gasteiger partial charge in [-0.1, -0.05) is 12.1 Å². The quantitative estimate of drug-likeness (QED) is 0.813. The number of hydrogen-bond acceptors (Lipinski definition) is 4. The fraction of sp³-hybridized carbons (Fsp3) is 0.263. The molecule has 2 aromatic rings. The van der Waals surface area contributed by atoms with Crippen LogP contribution in [0.5, 0.6) is 0 Å². The normalized spacial score (nSPS) is 10.4. The maximum atomic E-state index is 13.9. The SMILES string of the molecule is CN(C)CCNC(=O)c1cccc(CNc2ccc(C#N)cc2F)c1. The first-order valence-electron chi connectivity index (χ1n) is 7.95. The van der Waals surface area contributed by atoms with E-state index in [1.54, 1.807) is 24.3 Å². The number of nitriles is 1. The highest BCUT2D eigenvalue weighted by molar-refractivity contribution is 5.94. The van der Waals surface area contributed by atoms with Crippen LogP contribution in [0.3, 0.4) is 0 Å². The predicted octanol–water partition coefficient (Wildman–Crippen LogP) is 2.60. The molecule has 25 heavy (non-hydrogen) atoms. The molecule has 0 fully saturated rings. The lowest BCUT2D eigenvalue weighted by atomic mass is 10.1. The smallest absolute Gasteiger partial charge is 0.251 e. The number of anilines is 1. The van der Waals surface area contributed by atoms with Gasteiger partial charge in [0.2, 0.25) is 0 Å². The highest BCUT2D eigenvalue weighted by atomic mass is 19.1. The van der Waals surface area contributed by atoms with Crippen molar-refractivity contribution in [2.45, 2.75) is 6.54 Å². The molecule has 0 aliphatic carbocycles. The highest BCUT2D eigenvalue weighted by Gasteiger charge is 2.07. The number of amides is 1. The van der Waals surface area contributed by atoms with Crippen LogP contribution in [0, 0.1) is 17.1 Å². The molecule has 0 saturated heterocycles. The number of likely N-dealkylation sites (N-methyl/N-ethyl adjacent to an activating group) is 1. The van der Waals surface area contributed by atoms with Gasteiger partial charge in [0.25, 0.3) is 5.91 Å². The topological polar surface area (TPSA) is 68.2 Å². The predicted molar refractivity (Wildman–Crippen MR) is 95.8 cm³/mol. The number of hydrogen-bond donors (Lipinski definition) is 2. The Labute approximate surface area is 147 Å². The van der Waals surface area contributed by atoms with Crippen molar-refractivity contribution < 1.29 is 9.18 Å². The molecule has 1 amide bonds. The summed E-state index contributed by atoms with van der Waals surface area (Å²) in [5.74, 6) is -0.607. The van der Waals surface area contributed by atoms with Crippen LogP contribution in [-0.2, 0) is 6.54 Å². The molecule has 130 valence electrons. The zero-order chi connectivity index (χ0) is 18.2. The lowest BCUT2D eigenvalue weighted by molar-refractivity contribution is 0.0951. The van der Waals surface area contributed by atoms with Gasteiger partial charge in [0.15, 0.2) is 0 Å². The molecule has 0 unspecified atom stereocenters. The average molecular weight is 340 g/mol. The Morgan fingerprint density at radius 1 is 1.24 bits per heavy atom. The van der Waals surface area contributed by atoms with Crippen molar-refractivity contribution in [3.63, 3.8) is 0 Å². The van der Waals surface area contributed by atoms with Gasteiger partial charge in [-0.05, 0) is 50.0 Å². The maximum absolute atomic E-state index is 13.9. The van der Waals surface area contributed by atoms with Gasteiger partial charge in [-0.25, -0.2) is 4.39 Å². The Morgan fingerprint density at radius 3 is 2.72 bits per heavy atom. The number of rotatable bonds is 7. The van der Waals surface area contributed by atoms with E-state index >= 15 is 0 Å². The molecule has 2 rings (SSSR count). The molecule has 0 atom stereocenters. The third kappa shape index (κ3) is 5.59. The van der Waals surface area contributed by atoms with E-state index in [-0.39, 0.29) is 11.5 Å². The summed E-state index contributed by atoms with van der Waals surface area (Å²) >= 11 is 0. The molecule has 5 nitrogen and oxygen atoms in total. The molecule has 0 aromatic heterocycles. The lowest BCUT2D eigenvalue weighted by Crippen LogP contribution is -2.31. The highest BCUT2D eigenvalue weighted by Crippen LogP contribution is 2.17. The molecular formula is C19H21FN4O. The number of benzene rings is 2. The fourth-order valence-corrected chi connectivity index (χ4v) is 2.24. The van der Waals surface area contributed by atoms with Crippen molar-refractivity contribution in [2.75, 3.05) is 32.5 Å². The van der Waals surface area contributed by atoms with Gasteiger partial charge in [0.1, 0.15) is 5.82 Å². The molecule has 0 aliphatic rings. The van der Waals surface area contributed by atoms with E-state index in [0.717, 1.165) is 12.1 Å². The summed E-state index contributed by atoms with van der Waals surface area (Å²) in [5, 5.41) is 14.6. The van der Waals surface area contributed by atoms with Crippen molar-refractivity contribution in [3.8, 4) is 6.07 Å². The van der Waals surface area contributed by atoms with Gasteiger partial charge >= 0.3 is 0 Å². The van der Waals surface area contributed by atoms with Gasteiger partial charge in [-0.3, -0.25) is 4.79 Å². The summed E-state index contributed by atoms with van der Waals surface area (Å²) in [6.07, 6.45) is 0. The van der Waals surface area contributed by atoms with Crippen LogP contribution in [0.25, 0.3) is 0 Å². The number of nitrogens with zero attached hydrogens (tertiary/aromatic N) is 2. The first kappa shape index (κ1) is 18.4. The number of carbonyl (C=O) groups excluding carboxylic acids is 1. The van der Waals surface area contributed by atoms with Crippen LogP contribution in [0.4, 0.5) is 10.1 Å². The maximum Gasteiger partial charge on any atom is 0.251 e. The van der Waals surface area contributed by atoms with E-state index in [0.29, 0.717) is 24.3 Å². The van der Waals surface area contributed by atoms with Crippen molar-refractivity contribution >= 4 is 11.6 Å². The molecule has 0 bridgehead atoms. The summed E-state index contributed by atoms with van der Waals surface area (Å²) in [6, 6.07) is 13.4.